The summed E-state index contributed by atoms with van der Waals surface area (Å²) in [5.74, 6) is -6.35. The molecule has 0 saturated carbocycles. The van der Waals surface area contributed by atoms with Crippen LogP contribution in [0.5, 0.6) is 0 Å². The van der Waals surface area contributed by atoms with Gasteiger partial charge in [-0.05, 0) is 38.5 Å². The summed E-state index contributed by atoms with van der Waals surface area (Å²) in [7, 11) is 0. The van der Waals surface area contributed by atoms with Gasteiger partial charge in [0.2, 0.25) is 0 Å². The molecule has 0 saturated heterocycles. The summed E-state index contributed by atoms with van der Waals surface area (Å²) in [6.45, 7) is 15.2. The van der Waals surface area contributed by atoms with Crippen molar-refractivity contribution in [3.8, 4) is 0 Å². The number of aliphatic hydroxyl groups excluding tert-OH is 12. The first kappa shape index (κ1) is 73.1. The van der Waals surface area contributed by atoms with Crippen LogP contribution in [0, 0.1) is 0 Å². The number of hydrogen-bond donors (Lipinski definition) is 18. The van der Waals surface area contributed by atoms with Crippen molar-refractivity contribution in [1.82, 2.24) is 0 Å². The maximum absolute atomic E-state index is 10.0. The molecule has 24 heteroatoms. The van der Waals surface area contributed by atoms with Crippen LogP contribution < -0.4 is 0 Å². The molecule has 390 valence electrons. The Kier molecular flexibility index (Phi) is 52.2. The van der Waals surface area contributed by atoms with E-state index in [-0.39, 0.29) is 77.0 Å². The van der Waals surface area contributed by atoms with Gasteiger partial charge in [-0.15, -0.1) is 19.7 Å². The number of carboxylic acid groups (broad SMARTS) is 6. The van der Waals surface area contributed by atoms with Crippen LogP contribution in [0.2, 0.25) is 0 Å². The van der Waals surface area contributed by atoms with Crippen molar-refractivity contribution in [1.29, 1.82) is 0 Å². The molecule has 18 N–H and O–H groups in total. The predicted octanol–water partition coefficient (Wildman–Crippen LogP) is -0.774. The van der Waals surface area contributed by atoms with Gasteiger partial charge in [0, 0.05) is 19.3 Å². The zero-order chi connectivity index (χ0) is 53.1. The van der Waals surface area contributed by atoms with Gasteiger partial charge < -0.3 is 91.9 Å². The Balaban J connectivity index is -0.000000164. The third-order valence-corrected chi connectivity index (χ3v) is 7.86. The molecule has 12 atom stereocenters. The number of rotatable bonds is 30. The number of hydrogen-bond acceptors (Lipinski definition) is 18. The maximum atomic E-state index is 10.0. The summed E-state index contributed by atoms with van der Waals surface area (Å²) in [5.41, 5.74) is 0. The van der Waals surface area contributed by atoms with Gasteiger partial charge in [-0.3, -0.25) is 28.8 Å². The predicted molar refractivity (Wildman–Crippen MR) is 235 cm³/mol. The monoisotopic (exact) mass is 966 g/mol. The van der Waals surface area contributed by atoms with Gasteiger partial charge in [-0.25, -0.2) is 0 Å². The van der Waals surface area contributed by atoms with Crippen molar-refractivity contribution >= 4 is 35.8 Å². The highest BCUT2D eigenvalue weighted by atomic mass is 16.4. The lowest BCUT2D eigenvalue weighted by Crippen LogP contribution is -2.19. The second-order valence-electron chi connectivity index (χ2n) is 14.5. The Morgan fingerprint density at radius 2 is 0.439 bits per heavy atom. The first-order valence-corrected chi connectivity index (χ1v) is 20.7. The van der Waals surface area contributed by atoms with Gasteiger partial charge in [0.25, 0.3) is 0 Å². The smallest absolute Gasteiger partial charge is 0.305 e. The van der Waals surface area contributed by atoms with E-state index in [2.05, 4.69) is 19.7 Å². The van der Waals surface area contributed by atoms with Gasteiger partial charge >= 0.3 is 35.8 Å². The molecule has 24 nitrogen and oxygen atoms in total. The molecular weight excluding hydrogens is 888 g/mol. The molecule has 0 aliphatic rings. The number of carbonyl (C=O) groups is 6. The van der Waals surface area contributed by atoms with E-state index in [1.165, 1.54) is 18.2 Å². The third-order valence-electron chi connectivity index (χ3n) is 7.86. The molecule has 0 bridgehead atoms. The topological polar surface area (TPSA) is 467 Å². The van der Waals surface area contributed by atoms with Gasteiger partial charge in [0.1, 0.15) is 0 Å². The van der Waals surface area contributed by atoms with E-state index in [1.54, 1.807) is 20.8 Å². The summed E-state index contributed by atoms with van der Waals surface area (Å²) in [6.07, 6.45) is -6.09. The average Bonchev–Trinajstić information content (AvgIpc) is 3.16. The van der Waals surface area contributed by atoms with Crippen LogP contribution in [0.1, 0.15) is 117 Å². The molecule has 0 unspecified atom stereocenters. The molecule has 66 heavy (non-hydrogen) atoms. The lowest BCUT2D eigenvalue weighted by molar-refractivity contribution is -0.140. The molecule has 0 fully saturated rings. The second-order valence-corrected chi connectivity index (χ2v) is 14.5. The number of carboxylic acids is 6. The fraction of sp³-hybridized carbons (Fsp3) is 0.714. The molecule has 0 aliphatic heterocycles. The second kappa shape index (κ2) is 47.1. The van der Waals surface area contributed by atoms with Gasteiger partial charge in [0.15, 0.2) is 0 Å². The van der Waals surface area contributed by atoms with E-state index in [0.29, 0.717) is 19.3 Å². The van der Waals surface area contributed by atoms with Crippen LogP contribution in [0.15, 0.2) is 38.0 Å². The Morgan fingerprint density at radius 3 is 0.545 bits per heavy atom. The van der Waals surface area contributed by atoms with Crippen LogP contribution >= 0.6 is 0 Å². The Morgan fingerprint density at radius 1 is 0.303 bits per heavy atom. The molecule has 0 aromatic rings. The normalized spacial score (nSPS) is 15.7. The van der Waals surface area contributed by atoms with Crippen LogP contribution in [-0.2, 0) is 28.8 Å². The molecule has 0 spiro atoms. The number of aliphatic hydroxyl groups is 12. The third kappa shape index (κ3) is 66.2. The summed E-state index contributed by atoms with van der Waals surface area (Å²) in [6, 6.07) is 0. The SMILES string of the molecule is C=C[C@@H](O)C[C@H](O)CC(=O)O.C=C[C@H](O)C[C@@H](O)CC(=O)O.C=C[C@H](O)C[C@H](O)CC(=O)O.CC[C@@H](O)C[C@H](O)CC(=O)O.CC[C@H](O)C[C@@H](O)CC(=O)O.CC[C@H](O)C[C@H](O)CC(=O)O. The molecule has 0 amide bonds. The molecule has 0 rings (SSSR count). The summed E-state index contributed by atoms with van der Waals surface area (Å²) >= 11 is 0. The van der Waals surface area contributed by atoms with Crippen LogP contribution in [0.3, 0.4) is 0 Å². The molecule has 0 heterocycles. The minimum Gasteiger partial charge on any atom is -0.481 e. The van der Waals surface area contributed by atoms with Crippen molar-refractivity contribution in [2.45, 2.75) is 190 Å². The van der Waals surface area contributed by atoms with Crippen molar-refractivity contribution < 1.29 is 121 Å². The summed E-state index contributed by atoms with van der Waals surface area (Å²) < 4.78 is 0. The molecule has 0 radical (unpaired) electrons. The summed E-state index contributed by atoms with van der Waals surface area (Å²) in [5, 5.41) is 157. The van der Waals surface area contributed by atoms with Crippen molar-refractivity contribution in [2.24, 2.45) is 0 Å². The van der Waals surface area contributed by atoms with Gasteiger partial charge in [-0.2, -0.15) is 0 Å². The zero-order valence-corrected chi connectivity index (χ0v) is 37.9. The number of aliphatic carboxylic acids is 6. The highest BCUT2D eigenvalue weighted by molar-refractivity contribution is 5.68. The van der Waals surface area contributed by atoms with E-state index >= 15 is 0 Å². The molecule has 0 aromatic heterocycles. The van der Waals surface area contributed by atoms with E-state index in [0.717, 1.165) is 0 Å². The van der Waals surface area contributed by atoms with E-state index in [1.807, 2.05) is 0 Å². The quantitative estimate of drug-likeness (QED) is 0.0393. The Bertz CT molecular complexity index is 1140. The average molecular weight is 967 g/mol. The lowest BCUT2D eigenvalue weighted by Gasteiger charge is -2.11. The van der Waals surface area contributed by atoms with Crippen molar-refractivity contribution in [3.63, 3.8) is 0 Å². The first-order valence-electron chi connectivity index (χ1n) is 20.7. The Hall–Kier alpha value is -4.44. The maximum Gasteiger partial charge on any atom is 0.305 e. The van der Waals surface area contributed by atoms with Crippen molar-refractivity contribution in [2.75, 3.05) is 0 Å². The Labute approximate surface area is 384 Å². The lowest BCUT2D eigenvalue weighted by atomic mass is 10.1. The zero-order valence-electron chi connectivity index (χ0n) is 37.9. The van der Waals surface area contributed by atoms with Crippen LogP contribution in [0.4, 0.5) is 0 Å². The minimum atomic E-state index is -1.08. The van der Waals surface area contributed by atoms with Crippen LogP contribution in [0.25, 0.3) is 0 Å². The summed E-state index contributed by atoms with van der Waals surface area (Å²) in [4.78, 5) is 60.1. The van der Waals surface area contributed by atoms with Crippen molar-refractivity contribution in [3.05, 3.63) is 38.0 Å². The molecule has 0 aromatic carbocycles. The highest BCUT2D eigenvalue weighted by Gasteiger charge is 2.16. The molecular formula is C42H78O24. The first-order chi connectivity index (χ1) is 30.3. The van der Waals surface area contributed by atoms with E-state index in [9.17, 15) is 28.8 Å². The fourth-order valence-electron chi connectivity index (χ4n) is 4.28. The largest absolute Gasteiger partial charge is 0.481 e. The van der Waals surface area contributed by atoms with E-state index in [4.69, 9.17) is 91.9 Å². The van der Waals surface area contributed by atoms with Gasteiger partial charge in [-0.1, -0.05) is 39.0 Å². The highest BCUT2D eigenvalue weighted by Crippen LogP contribution is 2.08. The minimum absolute atomic E-state index is 0.0236. The van der Waals surface area contributed by atoms with Crippen LogP contribution in [-0.4, -0.2) is 201 Å². The van der Waals surface area contributed by atoms with Gasteiger partial charge in [0.05, 0.1) is 112 Å². The standard InChI is InChI=1S/3C7H14O4.3C7H12O4/c6*1-2-5(8)3-6(9)4-7(10)11/h3*5-6,8-9H,2-4H2,1H3,(H,10,11);3*2,5-6,8-9H,1,3-4H2,(H,10,11)/t2*5-,6+;5-,6-;2*5-,6+;5-,6-/m100100/s1. The molecule has 0 aliphatic carbocycles. The van der Waals surface area contributed by atoms with E-state index < -0.39 is 109 Å². The fourth-order valence-corrected chi connectivity index (χ4v) is 4.28.